The van der Waals surface area contributed by atoms with E-state index in [4.69, 9.17) is 11.6 Å². The number of carbonyl (C=O) groups is 2. The molecule has 7 nitrogen and oxygen atoms in total. The lowest BCUT2D eigenvalue weighted by atomic mass is 10.0. The predicted octanol–water partition coefficient (Wildman–Crippen LogP) is 6.54. The van der Waals surface area contributed by atoms with Gasteiger partial charge in [-0.2, -0.15) is 0 Å². The Hall–Kier alpha value is -4.21. The molecule has 4 rings (SSSR count). The number of sulfonamides is 1. The first-order valence-electron chi connectivity index (χ1n) is 14.7. The molecule has 0 saturated heterocycles. The minimum Gasteiger partial charge on any atom is -0.352 e. The van der Waals surface area contributed by atoms with E-state index in [-0.39, 0.29) is 35.5 Å². The quantitative estimate of drug-likeness (QED) is 0.178. The van der Waals surface area contributed by atoms with Crippen LogP contribution in [-0.2, 0) is 32.6 Å². The fourth-order valence-corrected chi connectivity index (χ4v) is 6.37. The Labute approximate surface area is 269 Å². The number of rotatable bonds is 13. The molecule has 45 heavy (non-hydrogen) atoms. The van der Waals surface area contributed by atoms with Crippen molar-refractivity contribution in [3.05, 3.63) is 131 Å². The average Bonchev–Trinajstić information content (AvgIpc) is 3.04. The Balaban J connectivity index is 1.81. The summed E-state index contributed by atoms with van der Waals surface area (Å²) in [4.78, 5) is 29.7. The third-order valence-electron chi connectivity index (χ3n) is 7.59. The summed E-state index contributed by atoms with van der Waals surface area (Å²) in [6.07, 6.45) is 0.852. The van der Waals surface area contributed by atoms with Gasteiger partial charge >= 0.3 is 0 Å². The van der Waals surface area contributed by atoms with Gasteiger partial charge in [-0.3, -0.25) is 13.9 Å². The molecule has 1 N–H and O–H groups in total. The smallest absolute Gasteiger partial charge is 0.264 e. The van der Waals surface area contributed by atoms with Gasteiger partial charge in [0.25, 0.3) is 10.0 Å². The molecular formula is C35H37ClFN3O4S. The van der Waals surface area contributed by atoms with Crippen LogP contribution in [0.25, 0.3) is 0 Å². The fourth-order valence-electron chi connectivity index (χ4n) is 4.77. The Bertz CT molecular complexity index is 1700. The van der Waals surface area contributed by atoms with E-state index in [0.29, 0.717) is 17.0 Å². The number of amides is 2. The highest BCUT2D eigenvalue weighted by atomic mass is 35.5. The summed E-state index contributed by atoms with van der Waals surface area (Å²) < 4.78 is 42.9. The van der Waals surface area contributed by atoms with E-state index in [1.54, 1.807) is 49.4 Å². The van der Waals surface area contributed by atoms with Crippen molar-refractivity contribution in [2.75, 3.05) is 10.8 Å². The molecule has 236 valence electrons. The van der Waals surface area contributed by atoms with Gasteiger partial charge in [-0.1, -0.05) is 85.3 Å². The van der Waals surface area contributed by atoms with Crippen molar-refractivity contribution in [3.8, 4) is 0 Å². The molecule has 0 aliphatic carbocycles. The molecule has 0 heterocycles. The standard InChI is InChI=1S/C35H37ClFN3O4S/c1-4-26(3)38-35(42)33(21-27-11-7-5-8-12-27)39(23-28-16-18-29(37)19-17-28)34(41)24-40(30-20-15-25(2)32(36)22-30)45(43,44)31-13-9-6-10-14-31/h5-20,22,26,33H,4,21,23-24H2,1-3H3,(H,38,42)/t26-,33+/m0/s1. The van der Waals surface area contributed by atoms with E-state index >= 15 is 0 Å². The van der Waals surface area contributed by atoms with Crippen molar-refractivity contribution in [1.29, 1.82) is 0 Å². The molecule has 0 bridgehead atoms. The fraction of sp³-hybridized carbons (Fsp3) is 0.257. The Morgan fingerprint density at radius 2 is 1.51 bits per heavy atom. The molecule has 0 aliphatic rings. The van der Waals surface area contributed by atoms with E-state index in [1.165, 1.54) is 35.2 Å². The van der Waals surface area contributed by atoms with Crippen LogP contribution in [-0.4, -0.2) is 43.8 Å². The van der Waals surface area contributed by atoms with Crippen LogP contribution in [0.4, 0.5) is 10.1 Å². The number of aryl methyl sites for hydroxylation is 1. The van der Waals surface area contributed by atoms with Crippen molar-refractivity contribution in [2.24, 2.45) is 0 Å². The van der Waals surface area contributed by atoms with Crippen molar-refractivity contribution in [1.82, 2.24) is 10.2 Å². The molecular weight excluding hydrogens is 613 g/mol. The third kappa shape index (κ3) is 8.71. The molecule has 4 aromatic carbocycles. The topological polar surface area (TPSA) is 86.8 Å². The number of carbonyl (C=O) groups excluding carboxylic acids is 2. The van der Waals surface area contributed by atoms with Gasteiger partial charge in [0.1, 0.15) is 18.4 Å². The second-order valence-electron chi connectivity index (χ2n) is 10.9. The molecule has 2 amide bonds. The molecule has 0 radical (unpaired) electrons. The van der Waals surface area contributed by atoms with Gasteiger partial charge < -0.3 is 10.2 Å². The molecule has 10 heteroatoms. The summed E-state index contributed by atoms with van der Waals surface area (Å²) in [6, 6.07) is 26.4. The largest absolute Gasteiger partial charge is 0.352 e. The zero-order valence-corrected chi connectivity index (χ0v) is 27.1. The SMILES string of the molecule is CC[C@H](C)NC(=O)[C@@H](Cc1ccccc1)N(Cc1ccc(F)cc1)C(=O)CN(c1ccc(C)c(Cl)c1)S(=O)(=O)c1ccccc1. The van der Waals surface area contributed by atoms with Crippen LogP contribution < -0.4 is 9.62 Å². The number of nitrogens with one attached hydrogen (secondary N) is 1. The van der Waals surface area contributed by atoms with Gasteiger partial charge in [0, 0.05) is 24.0 Å². The maximum Gasteiger partial charge on any atom is 0.264 e. The number of nitrogens with zero attached hydrogens (tertiary/aromatic N) is 2. The van der Waals surface area contributed by atoms with Crippen molar-refractivity contribution >= 4 is 39.1 Å². The van der Waals surface area contributed by atoms with E-state index in [0.717, 1.165) is 15.4 Å². The minimum absolute atomic E-state index is 0.00469. The van der Waals surface area contributed by atoms with E-state index < -0.39 is 34.3 Å². The van der Waals surface area contributed by atoms with Gasteiger partial charge in [-0.25, -0.2) is 12.8 Å². The Kier molecular flexibility index (Phi) is 11.4. The van der Waals surface area contributed by atoms with Crippen molar-refractivity contribution < 1.29 is 22.4 Å². The highest BCUT2D eigenvalue weighted by Gasteiger charge is 2.35. The lowest BCUT2D eigenvalue weighted by molar-refractivity contribution is -0.140. The van der Waals surface area contributed by atoms with E-state index in [1.807, 2.05) is 44.2 Å². The molecule has 4 aromatic rings. The molecule has 2 atom stereocenters. The zero-order chi connectivity index (χ0) is 32.6. The monoisotopic (exact) mass is 649 g/mol. The van der Waals surface area contributed by atoms with Crippen LogP contribution in [0, 0.1) is 12.7 Å². The maximum absolute atomic E-state index is 14.5. The van der Waals surface area contributed by atoms with Crippen molar-refractivity contribution in [3.63, 3.8) is 0 Å². The molecule has 0 fully saturated rings. The van der Waals surface area contributed by atoms with Gasteiger partial charge in [-0.05, 0) is 73.4 Å². The van der Waals surface area contributed by atoms with Gasteiger partial charge in [0.15, 0.2) is 0 Å². The number of anilines is 1. The highest BCUT2D eigenvalue weighted by molar-refractivity contribution is 7.92. The second-order valence-corrected chi connectivity index (χ2v) is 13.2. The zero-order valence-electron chi connectivity index (χ0n) is 25.5. The molecule has 0 aliphatic heterocycles. The summed E-state index contributed by atoms with van der Waals surface area (Å²) in [7, 11) is -4.24. The maximum atomic E-state index is 14.5. The van der Waals surface area contributed by atoms with E-state index in [9.17, 15) is 22.4 Å². The van der Waals surface area contributed by atoms with Gasteiger partial charge in [0.2, 0.25) is 11.8 Å². The first kappa shape index (κ1) is 33.7. The van der Waals surface area contributed by atoms with Crippen LogP contribution in [0.15, 0.2) is 108 Å². The van der Waals surface area contributed by atoms with Gasteiger partial charge in [-0.15, -0.1) is 0 Å². The lowest BCUT2D eigenvalue weighted by Crippen LogP contribution is -2.54. The third-order valence-corrected chi connectivity index (χ3v) is 9.79. The minimum atomic E-state index is -4.24. The van der Waals surface area contributed by atoms with E-state index in [2.05, 4.69) is 5.32 Å². The van der Waals surface area contributed by atoms with Crippen LogP contribution in [0.2, 0.25) is 5.02 Å². The molecule has 0 spiro atoms. The van der Waals surface area contributed by atoms with Gasteiger partial charge in [0.05, 0.1) is 10.6 Å². The molecule has 0 saturated carbocycles. The van der Waals surface area contributed by atoms with Crippen LogP contribution in [0.3, 0.4) is 0 Å². The normalized spacial score (nSPS) is 12.6. The average molecular weight is 650 g/mol. The van der Waals surface area contributed by atoms with Crippen LogP contribution >= 0.6 is 11.6 Å². The first-order valence-corrected chi connectivity index (χ1v) is 16.5. The predicted molar refractivity (Wildman–Crippen MR) is 176 cm³/mol. The van der Waals surface area contributed by atoms with Crippen LogP contribution in [0.5, 0.6) is 0 Å². The lowest BCUT2D eigenvalue weighted by Gasteiger charge is -2.34. The second kappa shape index (κ2) is 15.2. The summed E-state index contributed by atoms with van der Waals surface area (Å²) in [5, 5.41) is 3.33. The summed E-state index contributed by atoms with van der Waals surface area (Å²) in [6.45, 7) is 4.94. The first-order chi connectivity index (χ1) is 21.5. The Morgan fingerprint density at radius 1 is 0.889 bits per heavy atom. The van der Waals surface area contributed by atoms with Crippen LogP contribution in [0.1, 0.15) is 37.0 Å². The number of halogens is 2. The Morgan fingerprint density at radius 3 is 2.11 bits per heavy atom. The summed E-state index contributed by atoms with van der Waals surface area (Å²) in [5.41, 5.74) is 2.34. The summed E-state index contributed by atoms with van der Waals surface area (Å²) >= 11 is 6.42. The van der Waals surface area contributed by atoms with Crippen molar-refractivity contribution in [2.45, 2.75) is 57.1 Å². The summed E-state index contributed by atoms with van der Waals surface area (Å²) in [5.74, 6) is -1.43. The molecule has 0 unspecified atom stereocenters. The number of hydrogen-bond acceptors (Lipinski definition) is 4. The number of benzene rings is 4. The number of hydrogen-bond donors (Lipinski definition) is 1. The molecule has 0 aromatic heterocycles. The highest BCUT2D eigenvalue weighted by Crippen LogP contribution is 2.29.